The number of fused-ring (bicyclic) bond motifs is 10. The van der Waals surface area contributed by atoms with Gasteiger partial charge in [-0.2, -0.15) is 0 Å². The molecule has 0 radical (unpaired) electrons. The maximum Gasteiger partial charge on any atom is 0.0468 e. The number of rotatable bonds is 6. The third kappa shape index (κ3) is 5.43. The molecule has 0 bridgehead atoms. The SMILES string of the molecule is c1ccc(-c2ccc(-c3ccc(N(c4ccc(-c5ccccc5)cc4)c4ccc5sc6c(c5c4)c4ccccc4c4sc5ccccc5c46)cc3)cc2)cc1. The minimum Gasteiger partial charge on any atom is -0.310 e. The van der Waals surface area contributed by atoms with Crippen LogP contribution in [0.1, 0.15) is 0 Å². The smallest absolute Gasteiger partial charge is 0.0468 e. The van der Waals surface area contributed by atoms with Gasteiger partial charge in [0.1, 0.15) is 0 Å². The van der Waals surface area contributed by atoms with E-state index in [0.29, 0.717) is 0 Å². The summed E-state index contributed by atoms with van der Waals surface area (Å²) in [6.45, 7) is 0. The Bertz CT molecular complexity index is 3160. The molecular formula is C52H33NS2. The highest BCUT2D eigenvalue weighted by Gasteiger charge is 2.20. The van der Waals surface area contributed by atoms with Crippen LogP contribution in [-0.4, -0.2) is 0 Å². The Morgan fingerprint density at radius 3 is 1.27 bits per heavy atom. The molecule has 0 N–H and O–H groups in total. The van der Waals surface area contributed by atoms with Crippen LogP contribution in [0.5, 0.6) is 0 Å². The minimum absolute atomic E-state index is 1.12. The summed E-state index contributed by atoms with van der Waals surface area (Å²) >= 11 is 3.84. The zero-order valence-electron chi connectivity index (χ0n) is 29.8. The average Bonchev–Trinajstić information content (AvgIpc) is 3.84. The van der Waals surface area contributed by atoms with Crippen LogP contribution in [0.15, 0.2) is 200 Å². The zero-order chi connectivity index (χ0) is 36.3. The van der Waals surface area contributed by atoms with E-state index in [1.165, 1.54) is 84.5 Å². The van der Waals surface area contributed by atoms with E-state index < -0.39 is 0 Å². The lowest BCUT2D eigenvalue weighted by atomic mass is 9.99. The fourth-order valence-corrected chi connectivity index (χ4v) is 10.8. The highest BCUT2D eigenvalue weighted by atomic mass is 32.1. The van der Waals surface area contributed by atoms with Crippen molar-refractivity contribution in [2.75, 3.05) is 4.90 Å². The number of hydrogen-bond acceptors (Lipinski definition) is 3. The first-order valence-electron chi connectivity index (χ1n) is 18.7. The van der Waals surface area contributed by atoms with Crippen LogP contribution in [0, 0.1) is 0 Å². The largest absolute Gasteiger partial charge is 0.310 e. The van der Waals surface area contributed by atoms with Crippen molar-refractivity contribution in [3.63, 3.8) is 0 Å². The van der Waals surface area contributed by atoms with E-state index in [9.17, 15) is 0 Å². The summed E-state index contributed by atoms with van der Waals surface area (Å²) in [6, 6.07) is 73.0. The molecule has 0 aliphatic carbocycles. The van der Waals surface area contributed by atoms with Crippen molar-refractivity contribution in [1.82, 2.24) is 0 Å². The van der Waals surface area contributed by atoms with Crippen LogP contribution in [0.2, 0.25) is 0 Å². The van der Waals surface area contributed by atoms with Gasteiger partial charge in [0, 0.05) is 62.8 Å². The van der Waals surface area contributed by atoms with Crippen LogP contribution in [-0.2, 0) is 0 Å². The minimum atomic E-state index is 1.12. The standard InChI is InChI=1S/C52H33NS2/c1-3-11-34(12-4-1)36-19-21-37(22-20-36)39-25-29-41(30-26-39)53(40-27-23-38(24-28-40)35-13-5-2-6-14-35)42-31-32-48-46(33-42)49-43-15-7-8-16-44(43)51-50(52(49)55-48)45-17-9-10-18-47(45)54-51/h1-33H. The number of benzene rings is 9. The van der Waals surface area contributed by atoms with E-state index in [0.717, 1.165) is 17.1 Å². The molecule has 0 saturated carbocycles. The summed E-state index contributed by atoms with van der Waals surface area (Å²) in [6.07, 6.45) is 0. The Morgan fingerprint density at radius 2 is 0.691 bits per heavy atom. The summed E-state index contributed by atoms with van der Waals surface area (Å²) < 4.78 is 5.40. The quantitative estimate of drug-likeness (QED) is 0.164. The van der Waals surface area contributed by atoms with E-state index >= 15 is 0 Å². The van der Waals surface area contributed by atoms with E-state index in [1.807, 2.05) is 22.7 Å². The Morgan fingerprint density at radius 1 is 0.273 bits per heavy atom. The molecule has 2 aromatic heterocycles. The Balaban J connectivity index is 1.07. The maximum atomic E-state index is 2.42. The van der Waals surface area contributed by atoms with Gasteiger partial charge in [0.15, 0.2) is 0 Å². The first-order chi connectivity index (χ1) is 27.3. The van der Waals surface area contributed by atoms with Gasteiger partial charge in [0.2, 0.25) is 0 Å². The molecule has 258 valence electrons. The fourth-order valence-electron chi connectivity index (χ4n) is 8.20. The summed E-state index contributed by atoms with van der Waals surface area (Å²) in [5.41, 5.74) is 10.7. The molecule has 0 atom stereocenters. The van der Waals surface area contributed by atoms with Crippen molar-refractivity contribution >= 4 is 90.9 Å². The van der Waals surface area contributed by atoms with Gasteiger partial charge in [-0.15, -0.1) is 22.7 Å². The van der Waals surface area contributed by atoms with E-state index in [-0.39, 0.29) is 0 Å². The van der Waals surface area contributed by atoms with Crippen molar-refractivity contribution in [3.8, 4) is 33.4 Å². The predicted molar refractivity (Wildman–Crippen MR) is 241 cm³/mol. The highest BCUT2D eigenvalue weighted by Crippen LogP contribution is 2.50. The zero-order valence-corrected chi connectivity index (χ0v) is 31.4. The van der Waals surface area contributed by atoms with Gasteiger partial charge in [-0.1, -0.05) is 152 Å². The Labute approximate surface area is 327 Å². The van der Waals surface area contributed by atoms with Crippen LogP contribution in [0.3, 0.4) is 0 Å². The first-order valence-corrected chi connectivity index (χ1v) is 20.3. The molecule has 9 aromatic carbocycles. The van der Waals surface area contributed by atoms with Gasteiger partial charge < -0.3 is 4.90 Å². The lowest BCUT2D eigenvalue weighted by Gasteiger charge is -2.26. The van der Waals surface area contributed by atoms with Gasteiger partial charge in [0.05, 0.1) is 0 Å². The van der Waals surface area contributed by atoms with Gasteiger partial charge in [-0.3, -0.25) is 0 Å². The second kappa shape index (κ2) is 13.1. The molecule has 0 saturated heterocycles. The molecule has 0 aliphatic heterocycles. The van der Waals surface area contributed by atoms with Crippen molar-refractivity contribution in [1.29, 1.82) is 0 Å². The molecule has 55 heavy (non-hydrogen) atoms. The summed E-state index contributed by atoms with van der Waals surface area (Å²) in [5.74, 6) is 0. The van der Waals surface area contributed by atoms with Gasteiger partial charge in [-0.05, 0) is 87.3 Å². The molecule has 11 aromatic rings. The Kier molecular flexibility index (Phi) is 7.61. The molecule has 3 heteroatoms. The molecule has 0 fully saturated rings. The van der Waals surface area contributed by atoms with Gasteiger partial charge in [-0.25, -0.2) is 0 Å². The molecule has 0 unspecified atom stereocenters. The van der Waals surface area contributed by atoms with Crippen LogP contribution >= 0.6 is 22.7 Å². The summed E-state index contributed by atoms with van der Waals surface area (Å²) in [4.78, 5) is 2.40. The summed E-state index contributed by atoms with van der Waals surface area (Å²) in [7, 11) is 0. The lowest BCUT2D eigenvalue weighted by Crippen LogP contribution is -2.09. The second-order valence-electron chi connectivity index (χ2n) is 14.1. The number of thiophene rings is 2. The molecule has 1 nitrogen and oxygen atoms in total. The van der Waals surface area contributed by atoms with Crippen LogP contribution in [0.4, 0.5) is 17.1 Å². The molecule has 0 spiro atoms. The number of nitrogens with zero attached hydrogens (tertiary/aromatic N) is 1. The van der Waals surface area contributed by atoms with E-state index in [1.54, 1.807) is 0 Å². The van der Waals surface area contributed by atoms with E-state index in [2.05, 4.69) is 205 Å². The normalized spacial score (nSPS) is 11.6. The molecule has 11 rings (SSSR count). The van der Waals surface area contributed by atoms with Crippen LogP contribution < -0.4 is 4.90 Å². The van der Waals surface area contributed by atoms with E-state index in [4.69, 9.17) is 0 Å². The van der Waals surface area contributed by atoms with Gasteiger partial charge in [0.25, 0.3) is 0 Å². The average molecular weight is 736 g/mol. The predicted octanol–water partition coefficient (Wildman–Crippen LogP) is 16.0. The number of anilines is 3. The maximum absolute atomic E-state index is 2.42. The summed E-state index contributed by atoms with van der Waals surface area (Å²) in [5, 5.41) is 8.03. The van der Waals surface area contributed by atoms with Crippen molar-refractivity contribution < 1.29 is 0 Å². The van der Waals surface area contributed by atoms with Gasteiger partial charge >= 0.3 is 0 Å². The van der Waals surface area contributed by atoms with Crippen molar-refractivity contribution in [2.45, 2.75) is 0 Å². The Hall–Kier alpha value is -6.52. The monoisotopic (exact) mass is 735 g/mol. The first kappa shape index (κ1) is 32.0. The second-order valence-corrected chi connectivity index (χ2v) is 16.2. The third-order valence-electron chi connectivity index (χ3n) is 10.9. The lowest BCUT2D eigenvalue weighted by molar-refractivity contribution is 1.29. The molecule has 0 aliphatic rings. The molecule has 0 amide bonds. The topological polar surface area (TPSA) is 3.24 Å². The van der Waals surface area contributed by atoms with Crippen molar-refractivity contribution in [3.05, 3.63) is 200 Å². The highest BCUT2D eigenvalue weighted by molar-refractivity contribution is 7.30. The number of hydrogen-bond donors (Lipinski definition) is 0. The van der Waals surface area contributed by atoms with Crippen LogP contribution in [0.25, 0.3) is 84.5 Å². The molecule has 2 heterocycles. The third-order valence-corrected chi connectivity index (χ3v) is 13.3. The molecular weight excluding hydrogens is 703 g/mol. The fraction of sp³-hybridized carbons (Fsp3) is 0. The van der Waals surface area contributed by atoms with Crippen molar-refractivity contribution in [2.24, 2.45) is 0 Å².